The summed E-state index contributed by atoms with van der Waals surface area (Å²) in [5, 5.41) is 2.90. The number of aryl methyl sites for hydroxylation is 1. The van der Waals surface area contributed by atoms with Crippen LogP contribution >= 0.6 is 0 Å². The predicted molar refractivity (Wildman–Crippen MR) is 88.5 cm³/mol. The van der Waals surface area contributed by atoms with Crippen LogP contribution in [0, 0.1) is 13.8 Å². The third-order valence-corrected chi connectivity index (χ3v) is 4.42. The van der Waals surface area contributed by atoms with Crippen molar-refractivity contribution in [3.8, 4) is 0 Å². The maximum atomic E-state index is 12.7. The van der Waals surface area contributed by atoms with Crippen molar-refractivity contribution >= 4 is 17.6 Å². The molecule has 1 N–H and O–H groups in total. The van der Waals surface area contributed by atoms with Gasteiger partial charge in [0.2, 0.25) is 0 Å². The smallest absolute Gasteiger partial charge is 0.339 e. The molecule has 0 aromatic heterocycles. The van der Waals surface area contributed by atoms with Crippen molar-refractivity contribution < 1.29 is 14.3 Å². The van der Waals surface area contributed by atoms with Gasteiger partial charge < -0.3 is 10.1 Å². The largest absolute Gasteiger partial charge is 0.445 e. The first-order chi connectivity index (χ1) is 10.9. The maximum Gasteiger partial charge on any atom is 0.339 e. The fourth-order valence-electron chi connectivity index (χ4n) is 2.80. The van der Waals surface area contributed by atoms with Gasteiger partial charge in [-0.05, 0) is 49.6 Å². The summed E-state index contributed by atoms with van der Waals surface area (Å²) in [5.74, 6) is -0.764. The average molecular weight is 309 g/mol. The van der Waals surface area contributed by atoms with Gasteiger partial charge in [-0.25, -0.2) is 4.79 Å². The molecule has 23 heavy (non-hydrogen) atoms. The summed E-state index contributed by atoms with van der Waals surface area (Å²) in [7, 11) is 0. The second-order valence-corrected chi connectivity index (χ2v) is 6.16. The lowest BCUT2D eigenvalue weighted by Gasteiger charge is -2.33. The Balaban J connectivity index is 1.88. The van der Waals surface area contributed by atoms with Crippen LogP contribution in [0.5, 0.6) is 0 Å². The number of fused-ring (bicyclic) bond motifs is 1. The molecule has 2 aromatic rings. The van der Waals surface area contributed by atoms with E-state index in [1.807, 2.05) is 44.2 Å². The molecular weight excluding hydrogens is 290 g/mol. The lowest BCUT2D eigenvalue weighted by molar-refractivity contribution is -0.134. The maximum absolute atomic E-state index is 12.7. The van der Waals surface area contributed by atoms with Crippen molar-refractivity contribution in [1.82, 2.24) is 0 Å². The number of ether oxygens (including phenoxy) is 1. The summed E-state index contributed by atoms with van der Waals surface area (Å²) in [4.78, 5) is 24.9. The number of carbonyl (C=O) groups excluding carboxylic acids is 2. The van der Waals surface area contributed by atoms with Gasteiger partial charge >= 0.3 is 5.97 Å². The predicted octanol–water partition coefficient (Wildman–Crippen LogP) is 3.41. The molecule has 0 unspecified atom stereocenters. The Morgan fingerprint density at radius 3 is 2.65 bits per heavy atom. The van der Waals surface area contributed by atoms with Crippen LogP contribution in [0.25, 0.3) is 0 Å². The third-order valence-electron chi connectivity index (χ3n) is 4.42. The molecule has 118 valence electrons. The zero-order valence-electron chi connectivity index (χ0n) is 13.5. The molecule has 0 radical (unpaired) electrons. The monoisotopic (exact) mass is 309 g/mol. The van der Waals surface area contributed by atoms with E-state index in [-0.39, 0.29) is 5.91 Å². The van der Waals surface area contributed by atoms with Gasteiger partial charge in [0.15, 0.2) is 5.60 Å². The summed E-state index contributed by atoms with van der Waals surface area (Å²) < 4.78 is 5.45. The molecular formula is C19H19NO3. The van der Waals surface area contributed by atoms with Gasteiger partial charge in [0, 0.05) is 12.1 Å². The Hall–Kier alpha value is -2.62. The topological polar surface area (TPSA) is 55.4 Å². The average Bonchev–Trinajstić information content (AvgIpc) is 2.51. The van der Waals surface area contributed by atoms with Crippen LogP contribution in [-0.4, -0.2) is 17.5 Å². The fraction of sp³-hybridized carbons (Fsp3) is 0.263. The molecule has 3 rings (SSSR count). The number of rotatable bonds is 2. The van der Waals surface area contributed by atoms with Crippen molar-refractivity contribution in [3.63, 3.8) is 0 Å². The molecule has 4 heteroatoms. The number of benzene rings is 2. The molecule has 2 aromatic carbocycles. The van der Waals surface area contributed by atoms with Crippen molar-refractivity contribution in [1.29, 1.82) is 0 Å². The Morgan fingerprint density at radius 1 is 1.13 bits per heavy atom. The van der Waals surface area contributed by atoms with Crippen molar-refractivity contribution in [2.24, 2.45) is 0 Å². The van der Waals surface area contributed by atoms with Crippen LogP contribution in [-0.2, 0) is 16.0 Å². The highest BCUT2D eigenvalue weighted by Gasteiger charge is 2.42. The number of cyclic esters (lactones) is 1. The van der Waals surface area contributed by atoms with Crippen molar-refractivity contribution in [3.05, 3.63) is 64.7 Å². The number of anilines is 1. The lowest BCUT2D eigenvalue weighted by atomic mass is 9.89. The summed E-state index contributed by atoms with van der Waals surface area (Å²) >= 11 is 0. The first-order valence-corrected chi connectivity index (χ1v) is 7.59. The summed E-state index contributed by atoms with van der Waals surface area (Å²) in [5.41, 5.74) is 3.01. The van der Waals surface area contributed by atoms with E-state index in [9.17, 15) is 9.59 Å². The minimum absolute atomic E-state index is 0.311. The van der Waals surface area contributed by atoms with Gasteiger partial charge in [-0.3, -0.25) is 4.79 Å². The molecule has 1 heterocycles. The summed E-state index contributed by atoms with van der Waals surface area (Å²) in [6.45, 7) is 5.60. The normalized spacial score (nSPS) is 19.7. The molecule has 4 nitrogen and oxygen atoms in total. The van der Waals surface area contributed by atoms with Gasteiger partial charge in [-0.2, -0.15) is 0 Å². The van der Waals surface area contributed by atoms with E-state index in [1.165, 1.54) is 0 Å². The van der Waals surface area contributed by atoms with Gasteiger partial charge in [0.05, 0.1) is 5.56 Å². The highest BCUT2D eigenvalue weighted by Crippen LogP contribution is 2.30. The first-order valence-electron chi connectivity index (χ1n) is 7.59. The van der Waals surface area contributed by atoms with Crippen molar-refractivity contribution in [2.75, 3.05) is 5.32 Å². The summed E-state index contributed by atoms with van der Waals surface area (Å²) in [6, 6.07) is 13.0. The zero-order valence-corrected chi connectivity index (χ0v) is 13.5. The zero-order chi connectivity index (χ0) is 16.6. The van der Waals surface area contributed by atoms with Gasteiger partial charge in [0.25, 0.3) is 5.91 Å². The SMILES string of the molecule is Cc1cccc(NC(=O)[C@]2(C)Cc3ccccc3C(=O)O2)c1C. The Kier molecular flexibility index (Phi) is 3.68. The summed E-state index contributed by atoms with van der Waals surface area (Å²) in [6.07, 6.45) is 0.367. The van der Waals surface area contributed by atoms with Crippen molar-refractivity contribution in [2.45, 2.75) is 32.8 Å². The standard InChI is InChI=1S/C19H19NO3/c1-12-7-6-10-16(13(12)2)20-18(22)19(3)11-14-8-4-5-9-15(14)17(21)23-19/h4-10H,11H2,1-3H3,(H,20,22)/t19-/m0/s1. The Bertz CT molecular complexity index is 797. The number of amides is 1. The number of carbonyl (C=O) groups is 2. The van der Waals surface area contributed by atoms with Crippen LogP contribution in [0.4, 0.5) is 5.69 Å². The Morgan fingerprint density at radius 2 is 1.87 bits per heavy atom. The number of hydrogen-bond donors (Lipinski definition) is 1. The molecule has 0 aliphatic carbocycles. The second-order valence-electron chi connectivity index (χ2n) is 6.16. The van der Waals surface area contributed by atoms with E-state index >= 15 is 0 Å². The van der Waals surface area contributed by atoms with Gasteiger partial charge in [-0.15, -0.1) is 0 Å². The van der Waals surface area contributed by atoms with Gasteiger partial charge in [-0.1, -0.05) is 30.3 Å². The second kappa shape index (κ2) is 5.54. The van der Waals surface area contributed by atoms with Crippen LogP contribution in [0.3, 0.4) is 0 Å². The van der Waals surface area contributed by atoms with Crippen LogP contribution < -0.4 is 5.32 Å². The highest BCUT2D eigenvalue weighted by atomic mass is 16.6. The van der Waals surface area contributed by atoms with E-state index in [4.69, 9.17) is 4.74 Å². The molecule has 1 atom stereocenters. The van der Waals surface area contributed by atoms with Crippen LogP contribution in [0.2, 0.25) is 0 Å². The molecule has 1 aliphatic rings. The molecule has 0 saturated heterocycles. The molecule has 0 saturated carbocycles. The van der Waals surface area contributed by atoms with Crippen LogP contribution in [0.1, 0.15) is 34.0 Å². The minimum atomic E-state index is -1.21. The van der Waals surface area contributed by atoms with E-state index < -0.39 is 11.6 Å². The number of esters is 1. The van der Waals surface area contributed by atoms with E-state index in [0.29, 0.717) is 12.0 Å². The molecule has 1 amide bonds. The molecule has 0 spiro atoms. The fourth-order valence-corrected chi connectivity index (χ4v) is 2.80. The quantitative estimate of drug-likeness (QED) is 0.865. The van der Waals surface area contributed by atoms with Crippen LogP contribution in [0.15, 0.2) is 42.5 Å². The first kappa shape index (κ1) is 15.3. The lowest BCUT2D eigenvalue weighted by Crippen LogP contribution is -2.49. The molecule has 0 fully saturated rings. The van der Waals surface area contributed by atoms with Gasteiger partial charge in [0.1, 0.15) is 0 Å². The molecule has 1 aliphatic heterocycles. The number of hydrogen-bond acceptors (Lipinski definition) is 3. The highest BCUT2D eigenvalue weighted by molar-refractivity contribution is 6.02. The minimum Gasteiger partial charge on any atom is -0.445 e. The van der Waals surface area contributed by atoms with E-state index in [2.05, 4.69) is 5.32 Å². The Labute approximate surface area is 135 Å². The van der Waals surface area contributed by atoms with E-state index in [1.54, 1.807) is 19.1 Å². The van der Waals surface area contributed by atoms with E-state index in [0.717, 1.165) is 22.4 Å². The molecule has 0 bridgehead atoms. The number of nitrogens with one attached hydrogen (secondary N) is 1. The third kappa shape index (κ3) is 2.72.